The summed E-state index contributed by atoms with van der Waals surface area (Å²) in [5, 5.41) is 10.0. The van der Waals surface area contributed by atoms with Crippen LogP contribution in [0.3, 0.4) is 0 Å². The molecule has 0 fully saturated rings. The van der Waals surface area contributed by atoms with Gasteiger partial charge in [-0.15, -0.1) is 6.58 Å². The van der Waals surface area contributed by atoms with Crippen molar-refractivity contribution < 1.29 is 4.74 Å². The topological polar surface area (TPSA) is 71.1 Å². The molecule has 0 saturated carbocycles. The summed E-state index contributed by atoms with van der Waals surface area (Å²) < 4.78 is 5.46. The van der Waals surface area contributed by atoms with Crippen molar-refractivity contribution in [2.24, 2.45) is 0 Å². The van der Waals surface area contributed by atoms with Crippen LogP contribution in [0.1, 0.15) is 0 Å². The first kappa shape index (κ1) is 18.5. The third-order valence-corrected chi connectivity index (χ3v) is 3.96. The van der Waals surface area contributed by atoms with Gasteiger partial charge >= 0.3 is 0 Å². The van der Waals surface area contributed by atoms with Gasteiger partial charge in [-0.1, -0.05) is 35.9 Å². The number of methoxy groups -OCH3 is 1. The number of nitrogens with zero attached hydrogens (tertiary/aromatic N) is 2. The maximum absolute atomic E-state index is 6.22. The van der Waals surface area contributed by atoms with Crippen molar-refractivity contribution in [3.8, 4) is 5.75 Å². The smallest absolute Gasteiger partial charge is 0.229 e. The van der Waals surface area contributed by atoms with E-state index in [1.165, 1.54) is 0 Å². The molecule has 2 aromatic carbocycles. The fraction of sp³-hybridized carbons (Fsp3) is 0.100. The molecular formula is C20H20ClN5O. The molecule has 3 aromatic rings. The first-order valence-corrected chi connectivity index (χ1v) is 8.72. The van der Waals surface area contributed by atoms with E-state index >= 15 is 0 Å². The molecule has 0 aliphatic rings. The van der Waals surface area contributed by atoms with Gasteiger partial charge in [-0.05, 0) is 24.3 Å². The minimum Gasteiger partial charge on any atom is -0.494 e. The largest absolute Gasteiger partial charge is 0.494 e. The van der Waals surface area contributed by atoms with E-state index in [2.05, 4.69) is 32.5 Å². The normalized spacial score (nSPS) is 10.1. The molecule has 7 heteroatoms. The second-order valence-electron chi connectivity index (χ2n) is 5.59. The summed E-state index contributed by atoms with van der Waals surface area (Å²) >= 11 is 6.22. The van der Waals surface area contributed by atoms with Crippen LogP contribution < -0.4 is 20.7 Å². The van der Waals surface area contributed by atoms with Gasteiger partial charge in [-0.3, -0.25) is 0 Å². The molecule has 3 N–H and O–H groups in total. The predicted molar refractivity (Wildman–Crippen MR) is 112 cm³/mol. The molecule has 1 aromatic heterocycles. The number of rotatable bonds is 8. The highest BCUT2D eigenvalue weighted by molar-refractivity contribution is 6.32. The standard InChI is InChI=1S/C20H20ClN5O/c1-3-11-22-15-9-10-17(18(12-15)27-2)25-20-23-13-16(21)19(26-20)24-14-7-5-4-6-8-14/h3-10,12-13,22H,1,11H2,2H3,(H2,23,24,25,26). The lowest BCUT2D eigenvalue weighted by atomic mass is 10.2. The lowest BCUT2D eigenvalue weighted by Crippen LogP contribution is -2.03. The highest BCUT2D eigenvalue weighted by Gasteiger charge is 2.09. The molecule has 3 rings (SSSR count). The Bertz CT molecular complexity index is 918. The quantitative estimate of drug-likeness (QED) is 0.464. The van der Waals surface area contributed by atoms with Crippen molar-refractivity contribution in [2.45, 2.75) is 0 Å². The van der Waals surface area contributed by atoms with Crippen LogP contribution in [0.5, 0.6) is 5.75 Å². The maximum atomic E-state index is 6.22. The molecule has 0 bridgehead atoms. The molecule has 0 aliphatic carbocycles. The molecule has 1 heterocycles. The van der Waals surface area contributed by atoms with Gasteiger partial charge < -0.3 is 20.7 Å². The summed E-state index contributed by atoms with van der Waals surface area (Å²) in [4.78, 5) is 8.71. The number of benzene rings is 2. The van der Waals surface area contributed by atoms with E-state index in [0.29, 0.717) is 29.1 Å². The van der Waals surface area contributed by atoms with E-state index in [0.717, 1.165) is 17.1 Å². The van der Waals surface area contributed by atoms with Gasteiger partial charge in [-0.2, -0.15) is 4.98 Å². The average Bonchev–Trinajstić information content (AvgIpc) is 2.70. The summed E-state index contributed by atoms with van der Waals surface area (Å²) in [6.07, 6.45) is 3.34. The Balaban J connectivity index is 1.81. The second kappa shape index (κ2) is 8.91. The molecular weight excluding hydrogens is 362 g/mol. The molecule has 6 nitrogen and oxygen atoms in total. The zero-order chi connectivity index (χ0) is 19.1. The summed E-state index contributed by atoms with van der Waals surface area (Å²) in [5.74, 6) is 1.59. The summed E-state index contributed by atoms with van der Waals surface area (Å²) in [7, 11) is 1.61. The van der Waals surface area contributed by atoms with Crippen LogP contribution in [0.25, 0.3) is 0 Å². The molecule has 0 atom stereocenters. The van der Waals surface area contributed by atoms with Crippen molar-refractivity contribution in [3.05, 3.63) is 72.4 Å². The Kier molecular flexibility index (Phi) is 6.12. The monoisotopic (exact) mass is 381 g/mol. The number of hydrogen-bond acceptors (Lipinski definition) is 6. The average molecular weight is 382 g/mol. The molecule has 27 heavy (non-hydrogen) atoms. The van der Waals surface area contributed by atoms with E-state index in [-0.39, 0.29) is 0 Å². The zero-order valence-electron chi connectivity index (χ0n) is 14.9. The van der Waals surface area contributed by atoms with Crippen LogP contribution in [0.15, 0.2) is 67.4 Å². The Hall–Kier alpha value is -3.25. The molecule has 0 radical (unpaired) electrons. The third kappa shape index (κ3) is 4.89. The Morgan fingerprint density at radius 2 is 1.93 bits per heavy atom. The Morgan fingerprint density at radius 1 is 1.11 bits per heavy atom. The van der Waals surface area contributed by atoms with E-state index in [1.54, 1.807) is 19.4 Å². The van der Waals surface area contributed by atoms with Crippen LogP contribution in [-0.4, -0.2) is 23.6 Å². The van der Waals surface area contributed by atoms with Gasteiger partial charge in [0, 0.05) is 24.0 Å². The number of nitrogens with one attached hydrogen (secondary N) is 3. The number of aromatic nitrogens is 2. The van der Waals surface area contributed by atoms with Gasteiger partial charge in [0.2, 0.25) is 5.95 Å². The van der Waals surface area contributed by atoms with Gasteiger partial charge in [0.1, 0.15) is 10.8 Å². The predicted octanol–water partition coefficient (Wildman–Crippen LogP) is 5.22. The highest BCUT2D eigenvalue weighted by Crippen LogP contribution is 2.31. The number of halogens is 1. The van der Waals surface area contributed by atoms with E-state index < -0.39 is 0 Å². The lowest BCUT2D eigenvalue weighted by Gasteiger charge is -2.14. The number of ether oxygens (including phenoxy) is 1. The molecule has 0 amide bonds. The van der Waals surface area contributed by atoms with Crippen LogP contribution in [0.2, 0.25) is 5.02 Å². The second-order valence-corrected chi connectivity index (χ2v) is 6.00. The number of para-hydroxylation sites is 1. The van der Waals surface area contributed by atoms with Crippen LogP contribution in [0, 0.1) is 0 Å². The molecule has 0 spiro atoms. The lowest BCUT2D eigenvalue weighted by molar-refractivity contribution is 0.417. The molecule has 0 saturated heterocycles. The van der Waals surface area contributed by atoms with Gasteiger partial charge in [-0.25, -0.2) is 4.98 Å². The van der Waals surface area contributed by atoms with Gasteiger partial charge in [0.25, 0.3) is 0 Å². The fourth-order valence-electron chi connectivity index (χ4n) is 2.39. The minimum absolute atomic E-state index is 0.405. The van der Waals surface area contributed by atoms with Crippen molar-refractivity contribution in [2.75, 3.05) is 29.6 Å². The molecule has 138 valence electrons. The minimum atomic E-state index is 0.405. The van der Waals surface area contributed by atoms with Crippen LogP contribution in [0.4, 0.5) is 28.8 Å². The first-order valence-electron chi connectivity index (χ1n) is 8.34. The molecule has 0 unspecified atom stereocenters. The Labute approximate surface area is 163 Å². The van der Waals surface area contributed by atoms with E-state index in [9.17, 15) is 0 Å². The van der Waals surface area contributed by atoms with Gasteiger partial charge in [0.15, 0.2) is 5.82 Å². The van der Waals surface area contributed by atoms with E-state index in [4.69, 9.17) is 16.3 Å². The molecule has 0 aliphatic heterocycles. The SMILES string of the molecule is C=CCNc1ccc(Nc2ncc(Cl)c(Nc3ccccc3)n2)c(OC)c1. The summed E-state index contributed by atoms with van der Waals surface area (Å²) in [5.41, 5.74) is 2.56. The Morgan fingerprint density at radius 3 is 2.67 bits per heavy atom. The summed E-state index contributed by atoms with van der Waals surface area (Å²) in [6, 6.07) is 15.4. The fourth-order valence-corrected chi connectivity index (χ4v) is 2.53. The van der Waals surface area contributed by atoms with Crippen molar-refractivity contribution >= 4 is 40.4 Å². The van der Waals surface area contributed by atoms with Gasteiger partial charge in [0.05, 0.1) is 19.0 Å². The highest BCUT2D eigenvalue weighted by atomic mass is 35.5. The number of hydrogen-bond donors (Lipinski definition) is 3. The first-order chi connectivity index (χ1) is 13.2. The van der Waals surface area contributed by atoms with Crippen LogP contribution in [-0.2, 0) is 0 Å². The zero-order valence-corrected chi connectivity index (χ0v) is 15.6. The van der Waals surface area contributed by atoms with Crippen LogP contribution >= 0.6 is 11.6 Å². The van der Waals surface area contributed by atoms with Crippen molar-refractivity contribution in [1.82, 2.24) is 9.97 Å². The number of anilines is 5. The summed E-state index contributed by atoms with van der Waals surface area (Å²) in [6.45, 7) is 4.37. The van der Waals surface area contributed by atoms with Crippen molar-refractivity contribution in [1.29, 1.82) is 0 Å². The maximum Gasteiger partial charge on any atom is 0.229 e. The van der Waals surface area contributed by atoms with E-state index in [1.807, 2.05) is 48.5 Å². The third-order valence-electron chi connectivity index (χ3n) is 3.68. The van der Waals surface area contributed by atoms with Crippen molar-refractivity contribution in [3.63, 3.8) is 0 Å².